The van der Waals surface area contributed by atoms with E-state index in [2.05, 4.69) is 23.2 Å². The van der Waals surface area contributed by atoms with E-state index in [0.29, 0.717) is 6.42 Å². The van der Waals surface area contributed by atoms with Crippen LogP contribution in [0.3, 0.4) is 0 Å². The van der Waals surface area contributed by atoms with Crippen LogP contribution < -0.4 is 0 Å². The first-order valence-corrected chi connectivity index (χ1v) is 7.85. The molecule has 0 saturated heterocycles. The molecule has 0 aliphatic rings. The smallest absolute Gasteiger partial charge is 0.276 e. The average molecular weight is 284 g/mol. The van der Waals surface area contributed by atoms with E-state index in [1.54, 1.807) is 12.3 Å². The highest BCUT2D eigenvalue weighted by atomic mass is 35.7. The highest BCUT2D eigenvalue weighted by molar-refractivity contribution is 8.13. The van der Waals surface area contributed by atoms with Gasteiger partial charge in [0, 0.05) is 16.9 Å². The van der Waals surface area contributed by atoms with E-state index >= 15 is 0 Å². The summed E-state index contributed by atoms with van der Waals surface area (Å²) in [7, 11) is 1.60. The molecule has 96 valence electrons. The second kappa shape index (κ2) is 4.78. The average Bonchev–Trinajstić information content (AvgIpc) is 2.71. The Morgan fingerprint density at radius 2 is 1.94 bits per heavy atom. The fourth-order valence-electron chi connectivity index (χ4n) is 1.87. The number of rotatable bonds is 3. The van der Waals surface area contributed by atoms with Crippen LogP contribution in [-0.2, 0) is 15.5 Å². The Balaban J connectivity index is 2.29. The molecule has 1 aromatic heterocycles. The van der Waals surface area contributed by atoms with Gasteiger partial charge in [-0.25, -0.2) is 8.42 Å². The van der Waals surface area contributed by atoms with Crippen LogP contribution in [0.25, 0.3) is 0 Å². The van der Waals surface area contributed by atoms with Gasteiger partial charge >= 0.3 is 0 Å². The van der Waals surface area contributed by atoms with Gasteiger partial charge in [0.15, 0.2) is 0 Å². The Hall–Kier alpha value is -1.26. The molecule has 0 bridgehead atoms. The maximum atomic E-state index is 11.2. The number of aromatic amines is 1. The standard InChI is InChI=1S/C13H14ClNO2S/c1-9-3-4-10(2)12(5-9)6-11-7-13(15-8-11)18(14,16)17/h3-5,7-8,15H,6H2,1-2H3. The quantitative estimate of drug-likeness (QED) is 0.880. The van der Waals surface area contributed by atoms with Gasteiger partial charge in [-0.1, -0.05) is 23.8 Å². The number of hydrogen-bond donors (Lipinski definition) is 1. The lowest BCUT2D eigenvalue weighted by atomic mass is 10.0. The van der Waals surface area contributed by atoms with Crippen molar-refractivity contribution in [3.63, 3.8) is 0 Å². The molecular weight excluding hydrogens is 270 g/mol. The molecule has 5 heteroatoms. The van der Waals surface area contributed by atoms with Crippen LogP contribution in [0.1, 0.15) is 22.3 Å². The van der Waals surface area contributed by atoms with Crippen LogP contribution in [0, 0.1) is 13.8 Å². The normalized spacial score (nSPS) is 11.7. The molecule has 1 heterocycles. The molecule has 18 heavy (non-hydrogen) atoms. The number of benzene rings is 1. The number of halogens is 1. The van der Waals surface area contributed by atoms with Gasteiger partial charge in [-0.05, 0) is 43.0 Å². The first kappa shape index (κ1) is 13.2. The van der Waals surface area contributed by atoms with Crippen molar-refractivity contribution in [2.45, 2.75) is 25.3 Å². The molecule has 0 spiro atoms. The number of H-pyrrole nitrogens is 1. The lowest BCUT2D eigenvalue weighted by Gasteiger charge is -2.05. The second-order valence-electron chi connectivity index (χ2n) is 4.42. The zero-order valence-corrected chi connectivity index (χ0v) is 11.8. The summed E-state index contributed by atoms with van der Waals surface area (Å²) in [6.07, 6.45) is 2.37. The van der Waals surface area contributed by atoms with Crippen LogP contribution in [0.4, 0.5) is 0 Å². The molecule has 1 aromatic carbocycles. The SMILES string of the molecule is Cc1ccc(C)c(Cc2c[nH]c(S(=O)(=O)Cl)c2)c1. The first-order valence-electron chi connectivity index (χ1n) is 5.54. The van der Waals surface area contributed by atoms with E-state index in [-0.39, 0.29) is 5.03 Å². The van der Waals surface area contributed by atoms with Crippen LogP contribution in [0.15, 0.2) is 35.5 Å². The van der Waals surface area contributed by atoms with Crippen molar-refractivity contribution in [3.05, 3.63) is 52.7 Å². The third-order valence-corrected chi connectivity index (χ3v) is 4.14. The topological polar surface area (TPSA) is 49.9 Å². The monoisotopic (exact) mass is 283 g/mol. The van der Waals surface area contributed by atoms with Crippen molar-refractivity contribution in [2.24, 2.45) is 0 Å². The van der Waals surface area contributed by atoms with Crippen molar-refractivity contribution < 1.29 is 8.42 Å². The molecule has 0 atom stereocenters. The minimum atomic E-state index is -3.68. The molecule has 0 saturated carbocycles. The fourth-order valence-corrected chi connectivity index (χ4v) is 2.63. The van der Waals surface area contributed by atoms with Crippen molar-refractivity contribution >= 4 is 19.7 Å². The maximum Gasteiger partial charge on any atom is 0.276 e. The Labute approximate surface area is 111 Å². The Morgan fingerprint density at radius 1 is 1.22 bits per heavy atom. The van der Waals surface area contributed by atoms with Crippen molar-refractivity contribution in [2.75, 3.05) is 0 Å². The molecular formula is C13H14ClNO2S. The van der Waals surface area contributed by atoms with Crippen LogP contribution in [0.2, 0.25) is 0 Å². The van der Waals surface area contributed by atoms with Gasteiger partial charge in [0.1, 0.15) is 5.03 Å². The lowest BCUT2D eigenvalue weighted by molar-refractivity contribution is 0.607. The van der Waals surface area contributed by atoms with Gasteiger partial charge in [0.2, 0.25) is 0 Å². The van der Waals surface area contributed by atoms with Gasteiger partial charge in [-0.2, -0.15) is 0 Å². The van der Waals surface area contributed by atoms with Gasteiger partial charge in [-0.15, -0.1) is 0 Å². The predicted octanol–water partition coefficient (Wildman–Crippen LogP) is 3.15. The first-order chi connectivity index (χ1) is 8.36. The molecule has 2 rings (SSSR count). The maximum absolute atomic E-state index is 11.2. The van der Waals surface area contributed by atoms with E-state index in [0.717, 1.165) is 5.56 Å². The van der Waals surface area contributed by atoms with Crippen molar-refractivity contribution in [3.8, 4) is 0 Å². The number of aryl methyl sites for hydroxylation is 2. The zero-order chi connectivity index (χ0) is 13.3. The van der Waals surface area contributed by atoms with E-state index < -0.39 is 9.05 Å². The van der Waals surface area contributed by atoms with Crippen LogP contribution in [-0.4, -0.2) is 13.4 Å². The van der Waals surface area contributed by atoms with E-state index in [9.17, 15) is 8.42 Å². The van der Waals surface area contributed by atoms with E-state index in [1.165, 1.54) is 16.7 Å². The lowest BCUT2D eigenvalue weighted by Crippen LogP contribution is -1.92. The number of aromatic nitrogens is 1. The Bertz CT molecular complexity index is 674. The van der Waals surface area contributed by atoms with Gasteiger partial charge < -0.3 is 4.98 Å². The number of nitrogens with one attached hydrogen (secondary N) is 1. The highest BCUT2D eigenvalue weighted by Gasteiger charge is 2.12. The van der Waals surface area contributed by atoms with E-state index in [4.69, 9.17) is 10.7 Å². The van der Waals surface area contributed by atoms with Gasteiger partial charge in [-0.3, -0.25) is 0 Å². The summed E-state index contributed by atoms with van der Waals surface area (Å²) in [6, 6.07) is 7.81. The number of hydrogen-bond acceptors (Lipinski definition) is 2. The molecule has 0 radical (unpaired) electrons. The largest absolute Gasteiger partial charge is 0.351 e. The minimum absolute atomic E-state index is 0.0458. The van der Waals surface area contributed by atoms with Crippen LogP contribution in [0.5, 0.6) is 0 Å². The fraction of sp³-hybridized carbons (Fsp3) is 0.231. The van der Waals surface area contributed by atoms with E-state index in [1.807, 2.05) is 13.8 Å². The van der Waals surface area contributed by atoms with Crippen molar-refractivity contribution in [1.82, 2.24) is 4.98 Å². The molecule has 0 fully saturated rings. The summed E-state index contributed by atoms with van der Waals surface area (Å²) in [5, 5.41) is 0.0458. The molecule has 0 unspecified atom stereocenters. The third kappa shape index (κ3) is 2.94. The molecule has 0 aliphatic heterocycles. The molecule has 2 aromatic rings. The zero-order valence-electron chi connectivity index (χ0n) is 10.2. The summed E-state index contributed by atoms with van der Waals surface area (Å²) in [6.45, 7) is 4.08. The highest BCUT2D eigenvalue weighted by Crippen LogP contribution is 2.19. The summed E-state index contributed by atoms with van der Waals surface area (Å²) in [5.41, 5.74) is 4.48. The van der Waals surface area contributed by atoms with Crippen LogP contribution >= 0.6 is 10.7 Å². The molecule has 3 nitrogen and oxygen atoms in total. The predicted molar refractivity (Wildman–Crippen MR) is 72.6 cm³/mol. The van der Waals surface area contributed by atoms with Gasteiger partial charge in [0.25, 0.3) is 9.05 Å². The third-order valence-electron chi connectivity index (χ3n) is 2.88. The van der Waals surface area contributed by atoms with Gasteiger partial charge in [0.05, 0.1) is 0 Å². The minimum Gasteiger partial charge on any atom is -0.351 e. The second-order valence-corrected chi connectivity index (χ2v) is 6.95. The summed E-state index contributed by atoms with van der Waals surface area (Å²) in [4.78, 5) is 2.68. The molecule has 0 amide bonds. The molecule has 1 N–H and O–H groups in total. The summed E-state index contributed by atoms with van der Waals surface area (Å²) >= 11 is 0. The summed E-state index contributed by atoms with van der Waals surface area (Å²) < 4.78 is 22.3. The molecule has 0 aliphatic carbocycles. The Kier molecular flexibility index (Phi) is 3.50. The summed E-state index contributed by atoms with van der Waals surface area (Å²) in [5.74, 6) is 0. The Morgan fingerprint density at radius 3 is 2.56 bits per heavy atom. The van der Waals surface area contributed by atoms with Crippen molar-refractivity contribution in [1.29, 1.82) is 0 Å².